The van der Waals surface area contributed by atoms with E-state index in [4.69, 9.17) is 9.26 Å². The summed E-state index contributed by atoms with van der Waals surface area (Å²) < 4.78 is 10.7. The number of hydrogen-bond acceptors (Lipinski definition) is 6. The summed E-state index contributed by atoms with van der Waals surface area (Å²) in [5.74, 6) is -0.426. The molecule has 2 aliphatic carbocycles. The van der Waals surface area contributed by atoms with Crippen LogP contribution >= 0.6 is 0 Å². The minimum absolute atomic E-state index is 0.182. The molecule has 0 unspecified atom stereocenters. The summed E-state index contributed by atoms with van der Waals surface area (Å²) >= 11 is 0. The van der Waals surface area contributed by atoms with Gasteiger partial charge < -0.3 is 14.6 Å². The summed E-state index contributed by atoms with van der Waals surface area (Å²) in [6.45, 7) is 3.37. The van der Waals surface area contributed by atoms with Crippen molar-refractivity contribution in [1.29, 1.82) is 0 Å². The third-order valence-electron chi connectivity index (χ3n) is 5.46. The van der Waals surface area contributed by atoms with Gasteiger partial charge in [-0.3, -0.25) is 4.79 Å². The Balaban J connectivity index is 1.50. The number of hydrogen-bond donors (Lipinski definition) is 1. The Morgan fingerprint density at radius 1 is 1.22 bits per heavy atom. The number of aromatic nitrogens is 2. The second-order valence-electron chi connectivity index (χ2n) is 7.71. The van der Waals surface area contributed by atoms with Crippen LogP contribution in [0.15, 0.2) is 10.6 Å². The quantitative estimate of drug-likeness (QED) is 0.810. The topological polar surface area (TPSA) is 94.3 Å². The maximum Gasteiger partial charge on any atom is 0.339 e. The molecule has 7 nitrogen and oxygen atoms in total. The fourth-order valence-corrected chi connectivity index (χ4v) is 3.71. The average Bonchev–Trinajstić information content (AvgIpc) is 3.45. The summed E-state index contributed by atoms with van der Waals surface area (Å²) in [5.41, 5.74) is 2.14. The second kappa shape index (κ2) is 7.29. The van der Waals surface area contributed by atoms with E-state index in [1.165, 1.54) is 6.42 Å². The van der Waals surface area contributed by atoms with Crippen molar-refractivity contribution >= 4 is 23.0 Å². The Labute approximate surface area is 157 Å². The van der Waals surface area contributed by atoms with E-state index in [-0.39, 0.29) is 11.9 Å². The first kappa shape index (κ1) is 17.9. The van der Waals surface area contributed by atoms with E-state index in [1.807, 2.05) is 0 Å². The lowest BCUT2D eigenvalue weighted by Gasteiger charge is -2.24. The van der Waals surface area contributed by atoms with Crippen LogP contribution in [-0.4, -0.2) is 34.2 Å². The van der Waals surface area contributed by atoms with Crippen molar-refractivity contribution in [2.24, 2.45) is 0 Å². The highest BCUT2D eigenvalue weighted by molar-refractivity contribution is 6.04. The molecule has 2 aromatic rings. The van der Waals surface area contributed by atoms with Gasteiger partial charge in [-0.25, -0.2) is 9.78 Å². The number of fused-ring (bicyclic) bond motifs is 1. The Hall–Kier alpha value is -2.44. The number of nitrogens with zero attached hydrogens (tertiary/aromatic N) is 2. The van der Waals surface area contributed by atoms with Crippen LogP contribution in [0.1, 0.15) is 79.5 Å². The third-order valence-corrected chi connectivity index (χ3v) is 5.46. The number of nitrogens with one attached hydrogen (secondary N) is 1. The lowest BCUT2D eigenvalue weighted by Crippen LogP contribution is -2.42. The number of rotatable bonds is 5. The molecule has 0 saturated heterocycles. The molecule has 2 heterocycles. The number of carbonyl (C=O) groups excluding carboxylic acids is 2. The first-order valence-electron chi connectivity index (χ1n) is 9.81. The first-order valence-corrected chi connectivity index (χ1v) is 9.81. The van der Waals surface area contributed by atoms with E-state index in [9.17, 15) is 9.59 Å². The normalized spacial score (nSPS) is 19.0. The largest absolute Gasteiger partial charge is 0.449 e. The summed E-state index contributed by atoms with van der Waals surface area (Å²) in [4.78, 5) is 29.7. The summed E-state index contributed by atoms with van der Waals surface area (Å²) in [6.07, 6.45) is 6.71. The van der Waals surface area contributed by atoms with E-state index in [0.29, 0.717) is 28.3 Å². The van der Waals surface area contributed by atoms with Gasteiger partial charge in [0.1, 0.15) is 0 Å². The monoisotopic (exact) mass is 371 g/mol. The molecule has 27 heavy (non-hydrogen) atoms. The highest BCUT2D eigenvalue weighted by Gasteiger charge is 2.30. The number of carbonyl (C=O) groups is 2. The van der Waals surface area contributed by atoms with Crippen LogP contribution in [0.4, 0.5) is 0 Å². The second-order valence-corrected chi connectivity index (χ2v) is 7.71. The predicted octanol–water partition coefficient (Wildman–Crippen LogP) is 3.40. The Morgan fingerprint density at radius 3 is 2.67 bits per heavy atom. The lowest BCUT2D eigenvalue weighted by atomic mass is 9.95. The molecule has 1 atom stereocenters. The number of pyridine rings is 1. The Kier molecular flexibility index (Phi) is 4.85. The molecule has 0 bridgehead atoms. The lowest BCUT2D eigenvalue weighted by molar-refractivity contribution is -0.130. The molecular formula is C20H25N3O4. The molecule has 2 saturated carbocycles. The van der Waals surface area contributed by atoms with Crippen LogP contribution in [0.5, 0.6) is 0 Å². The van der Waals surface area contributed by atoms with Gasteiger partial charge in [0.2, 0.25) is 0 Å². The van der Waals surface area contributed by atoms with Gasteiger partial charge in [0, 0.05) is 17.7 Å². The minimum atomic E-state index is -0.854. The van der Waals surface area contributed by atoms with Gasteiger partial charge in [0.05, 0.1) is 16.6 Å². The van der Waals surface area contributed by atoms with Crippen LogP contribution < -0.4 is 5.32 Å². The van der Waals surface area contributed by atoms with E-state index in [0.717, 1.165) is 44.2 Å². The Bertz CT molecular complexity index is 865. The highest BCUT2D eigenvalue weighted by Crippen LogP contribution is 2.40. The zero-order chi connectivity index (χ0) is 19.0. The maximum atomic E-state index is 12.8. The van der Waals surface area contributed by atoms with Gasteiger partial charge in [-0.15, -0.1) is 0 Å². The van der Waals surface area contributed by atoms with E-state index in [2.05, 4.69) is 15.5 Å². The third kappa shape index (κ3) is 3.82. The summed E-state index contributed by atoms with van der Waals surface area (Å²) in [7, 11) is 0. The fraction of sp³-hybridized carbons (Fsp3) is 0.600. The van der Waals surface area contributed by atoms with Crippen LogP contribution in [0.3, 0.4) is 0 Å². The van der Waals surface area contributed by atoms with Crippen molar-refractivity contribution in [3.05, 3.63) is 23.0 Å². The molecule has 144 valence electrons. The molecule has 2 fully saturated rings. The maximum absolute atomic E-state index is 12.8. The smallest absolute Gasteiger partial charge is 0.339 e. The van der Waals surface area contributed by atoms with Gasteiger partial charge in [-0.05, 0) is 45.6 Å². The Morgan fingerprint density at radius 2 is 1.96 bits per heavy atom. The van der Waals surface area contributed by atoms with Gasteiger partial charge >= 0.3 is 5.97 Å². The molecule has 0 aliphatic heterocycles. The van der Waals surface area contributed by atoms with E-state index in [1.54, 1.807) is 19.9 Å². The van der Waals surface area contributed by atoms with Crippen molar-refractivity contribution in [1.82, 2.24) is 15.5 Å². The summed E-state index contributed by atoms with van der Waals surface area (Å²) in [6, 6.07) is 1.94. The zero-order valence-corrected chi connectivity index (χ0v) is 15.8. The van der Waals surface area contributed by atoms with Crippen LogP contribution in [-0.2, 0) is 9.53 Å². The highest BCUT2D eigenvalue weighted by atomic mass is 16.5. The molecule has 0 aromatic carbocycles. The minimum Gasteiger partial charge on any atom is -0.449 e. The molecule has 1 N–H and O–H groups in total. The average molecular weight is 371 g/mol. The molecule has 0 spiro atoms. The molecule has 0 radical (unpaired) electrons. The molecule has 2 aliphatic rings. The van der Waals surface area contributed by atoms with Crippen molar-refractivity contribution in [3.8, 4) is 0 Å². The van der Waals surface area contributed by atoms with Gasteiger partial charge in [-0.1, -0.05) is 24.4 Å². The van der Waals surface area contributed by atoms with Crippen LogP contribution in [0.2, 0.25) is 0 Å². The number of esters is 1. The SMILES string of the molecule is Cc1noc2nc(C3CC3)cc(C(=O)O[C@H](C)C(=O)NC3CCCCC3)c12. The molecule has 1 amide bonds. The van der Waals surface area contributed by atoms with Gasteiger partial charge in [0.15, 0.2) is 6.10 Å². The van der Waals surface area contributed by atoms with Crippen LogP contribution in [0.25, 0.3) is 11.1 Å². The van der Waals surface area contributed by atoms with Crippen molar-refractivity contribution in [2.75, 3.05) is 0 Å². The van der Waals surface area contributed by atoms with Gasteiger partial charge in [0.25, 0.3) is 11.6 Å². The van der Waals surface area contributed by atoms with Crippen molar-refractivity contribution in [2.45, 2.75) is 76.9 Å². The molecule has 4 rings (SSSR count). The number of ether oxygens (including phenoxy) is 1. The first-order chi connectivity index (χ1) is 13.0. The van der Waals surface area contributed by atoms with Crippen LogP contribution in [0, 0.1) is 6.92 Å². The van der Waals surface area contributed by atoms with Crippen molar-refractivity contribution < 1.29 is 18.8 Å². The zero-order valence-electron chi connectivity index (χ0n) is 15.8. The predicted molar refractivity (Wildman–Crippen MR) is 98.4 cm³/mol. The van der Waals surface area contributed by atoms with E-state index >= 15 is 0 Å². The molecule has 7 heteroatoms. The fourth-order valence-electron chi connectivity index (χ4n) is 3.71. The summed E-state index contributed by atoms with van der Waals surface area (Å²) in [5, 5.41) is 7.49. The number of aryl methyl sites for hydroxylation is 1. The molecular weight excluding hydrogens is 346 g/mol. The molecule has 2 aromatic heterocycles. The van der Waals surface area contributed by atoms with Gasteiger partial charge in [-0.2, -0.15) is 0 Å². The van der Waals surface area contributed by atoms with E-state index < -0.39 is 12.1 Å². The number of amides is 1. The standard InChI is InChI=1S/C20H25N3O4/c1-11-17-15(10-16(13-8-9-13)22-19(17)27-23-11)20(25)26-12(2)18(24)21-14-6-4-3-5-7-14/h10,12-14H,3-9H2,1-2H3,(H,21,24)/t12-/m1/s1. The van der Waals surface area contributed by atoms with Crippen molar-refractivity contribution in [3.63, 3.8) is 0 Å².